The van der Waals surface area contributed by atoms with Crippen LogP contribution in [0.4, 0.5) is 10.5 Å². The van der Waals surface area contributed by atoms with E-state index in [9.17, 15) is 4.79 Å². The van der Waals surface area contributed by atoms with E-state index in [2.05, 4.69) is 41.4 Å². The number of nitrogens with zero attached hydrogens (tertiary/aromatic N) is 1. The number of carbonyl (C=O) groups excluding carboxylic acids is 1. The molecule has 1 aliphatic carbocycles. The second-order valence-electron chi connectivity index (χ2n) is 6.89. The van der Waals surface area contributed by atoms with Crippen LogP contribution in [0.3, 0.4) is 0 Å². The van der Waals surface area contributed by atoms with Crippen LogP contribution < -0.4 is 11.1 Å². The van der Waals surface area contributed by atoms with Gasteiger partial charge >= 0.3 is 6.09 Å². The van der Waals surface area contributed by atoms with Crippen LogP contribution in [0.2, 0.25) is 0 Å². The largest absolute Gasteiger partial charge is 0.449 e. The first-order valence-corrected chi connectivity index (χ1v) is 9.54. The predicted molar refractivity (Wildman–Crippen MR) is 116 cm³/mol. The Labute approximate surface area is 175 Å². The highest BCUT2D eigenvalue weighted by Crippen LogP contribution is 2.44. The van der Waals surface area contributed by atoms with Crippen molar-refractivity contribution in [2.45, 2.75) is 5.92 Å². The molecule has 0 aromatic heterocycles. The highest BCUT2D eigenvalue weighted by atomic mass is 16.5. The summed E-state index contributed by atoms with van der Waals surface area (Å²) in [5, 5.41) is 11.6. The molecule has 0 bridgehead atoms. The average molecular weight is 393 g/mol. The first-order valence-electron chi connectivity index (χ1n) is 9.54. The number of benzene rings is 3. The van der Waals surface area contributed by atoms with Crippen LogP contribution in [-0.2, 0) is 4.74 Å². The number of fused-ring (bicyclic) bond motifs is 3. The first-order chi connectivity index (χ1) is 14.7. The monoisotopic (exact) mass is 393 g/mol. The molecule has 0 heterocycles. The zero-order valence-corrected chi connectivity index (χ0v) is 16.2. The third-order valence-electron chi connectivity index (χ3n) is 5.07. The number of nitriles is 1. The lowest BCUT2D eigenvalue weighted by atomic mass is 9.98. The van der Waals surface area contributed by atoms with Gasteiger partial charge in [0.15, 0.2) is 0 Å². The molecule has 3 N–H and O–H groups in total. The van der Waals surface area contributed by atoms with E-state index in [4.69, 9.17) is 15.7 Å². The molecular weight excluding hydrogens is 374 g/mol. The molecule has 0 saturated carbocycles. The van der Waals surface area contributed by atoms with Crippen LogP contribution in [-0.4, -0.2) is 19.2 Å². The van der Waals surface area contributed by atoms with Gasteiger partial charge < -0.3 is 15.8 Å². The smallest absolute Gasteiger partial charge is 0.407 e. The Morgan fingerprint density at radius 2 is 1.70 bits per heavy atom. The summed E-state index contributed by atoms with van der Waals surface area (Å²) in [6, 6.07) is 23.4. The molecule has 5 heteroatoms. The third-order valence-corrected chi connectivity index (χ3v) is 5.07. The van der Waals surface area contributed by atoms with Gasteiger partial charge in [-0.3, -0.25) is 0 Å². The van der Waals surface area contributed by atoms with Crippen molar-refractivity contribution in [1.82, 2.24) is 5.32 Å². The van der Waals surface area contributed by atoms with Crippen molar-refractivity contribution < 1.29 is 9.53 Å². The Kier molecular flexibility index (Phi) is 5.37. The number of hydrogen-bond donors (Lipinski definition) is 2. The topological polar surface area (TPSA) is 88.1 Å². The quantitative estimate of drug-likeness (QED) is 0.519. The normalized spacial score (nSPS) is 11.4. The van der Waals surface area contributed by atoms with E-state index in [1.807, 2.05) is 30.3 Å². The maximum Gasteiger partial charge on any atom is 0.407 e. The van der Waals surface area contributed by atoms with E-state index >= 15 is 0 Å². The molecule has 1 amide bonds. The molecule has 1 aliphatic rings. The van der Waals surface area contributed by atoms with Crippen LogP contribution in [0.15, 0.2) is 66.7 Å². The summed E-state index contributed by atoms with van der Waals surface area (Å²) in [5.41, 5.74) is 11.9. The van der Waals surface area contributed by atoms with Gasteiger partial charge in [0, 0.05) is 17.2 Å². The average Bonchev–Trinajstić information content (AvgIpc) is 3.10. The maximum atomic E-state index is 12.1. The van der Waals surface area contributed by atoms with E-state index in [0.29, 0.717) is 16.8 Å². The molecule has 0 radical (unpaired) electrons. The van der Waals surface area contributed by atoms with E-state index < -0.39 is 6.09 Å². The second-order valence-corrected chi connectivity index (χ2v) is 6.89. The fourth-order valence-corrected chi connectivity index (χ4v) is 3.64. The van der Waals surface area contributed by atoms with Crippen molar-refractivity contribution in [2.24, 2.45) is 0 Å². The SMILES string of the molecule is N#Cc1cc(C#CCNC(=O)OCC2c3ccccc3-c3ccccc32)ccc1N. The molecule has 146 valence electrons. The number of anilines is 1. The molecule has 0 saturated heterocycles. The molecule has 0 fully saturated rings. The second kappa shape index (κ2) is 8.43. The number of nitrogen functional groups attached to an aromatic ring is 1. The molecular formula is C25H19N3O2. The number of hydrogen-bond acceptors (Lipinski definition) is 4. The van der Waals surface area contributed by atoms with Gasteiger partial charge in [-0.1, -0.05) is 60.4 Å². The molecule has 0 unspecified atom stereocenters. The fraction of sp³-hybridized carbons (Fsp3) is 0.120. The van der Waals surface area contributed by atoms with E-state index in [1.54, 1.807) is 18.2 Å². The highest BCUT2D eigenvalue weighted by molar-refractivity contribution is 5.79. The van der Waals surface area contributed by atoms with Crippen LogP contribution in [0.1, 0.15) is 28.2 Å². The van der Waals surface area contributed by atoms with Crippen molar-refractivity contribution in [3.05, 3.63) is 89.0 Å². The van der Waals surface area contributed by atoms with E-state index in [1.165, 1.54) is 22.3 Å². The third kappa shape index (κ3) is 3.83. The molecule has 0 spiro atoms. The summed E-state index contributed by atoms with van der Waals surface area (Å²) in [6.07, 6.45) is -0.513. The minimum absolute atomic E-state index is 0.0217. The fourth-order valence-electron chi connectivity index (χ4n) is 3.64. The zero-order chi connectivity index (χ0) is 20.9. The molecule has 3 aromatic carbocycles. The van der Waals surface area contributed by atoms with Crippen molar-refractivity contribution >= 4 is 11.8 Å². The van der Waals surface area contributed by atoms with Gasteiger partial charge in [0.25, 0.3) is 0 Å². The number of amides is 1. The summed E-state index contributed by atoms with van der Waals surface area (Å²) in [4.78, 5) is 12.1. The van der Waals surface area contributed by atoms with Crippen molar-refractivity contribution in [2.75, 3.05) is 18.9 Å². The summed E-state index contributed by atoms with van der Waals surface area (Å²) >= 11 is 0. The Hall–Kier alpha value is -4.22. The summed E-state index contributed by atoms with van der Waals surface area (Å²) in [5.74, 6) is 5.77. The number of rotatable bonds is 3. The van der Waals surface area contributed by atoms with Gasteiger partial charge in [0.2, 0.25) is 0 Å². The Morgan fingerprint density at radius 1 is 1.03 bits per heavy atom. The molecule has 30 heavy (non-hydrogen) atoms. The molecule has 4 rings (SSSR count). The predicted octanol–water partition coefficient (Wildman–Crippen LogP) is 4.03. The first kappa shape index (κ1) is 19.1. The van der Waals surface area contributed by atoms with E-state index in [-0.39, 0.29) is 19.1 Å². The van der Waals surface area contributed by atoms with Crippen molar-refractivity contribution in [3.63, 3.8) is 0 Å². The Balaban J connectivity index is 1.35. The van der Waals surface area contributed by atoms with Gasteiger partial charge in [0.05, 0.1) is 12.1 Å². The standard InChI is InChI=1S/C25H19N3O2/c26-15-18-14-17(11-12-24(18)27)6-5-13-28-25(29)30-16-23-21-9-3-1-7-19(21)20-8-2-4-10-22(20)23/h1-4,7-12,14,23H,13,16,27H2,(H,28,29). The number of carbonyl (C=O) groups is 1. The zero-order valence-electron chi connectivity index (χ0n) is 16.2. The van der Waals surface area contributed by atoms with Gasteiger partial charge in [-0.05, 0) is 40.5 Å². The molecule has 3 aromatic rings. The lowest BCUT2D eigenvalue weighted by Gasteiger charge is -2.14. The minimum atomic E-state index is -0.513. The number of nitrogens with one attached hydrogen (secondary N) is 1. The number of ether oxygens (including phenoxy) is 1. The Morgan fingerprint density at radius 3 is 2.37 bits per heavy atom. The Bertz CT molecular complexity index is 1170. The van der Waals surface area contributed by atoms with Gasteiger partial charge in [-0.25, -0.2) is 4.79 Å². The minimum Gasteiger partial charge on any atom is -0.449 e. The van der Waals surface area contributed by atoms with Gasteiger partial charge in [-0.2, -0.15) is 5.26 Å². The van der Waals surface area contributed by atoms with Crippen LogP contribution >= 0.6 is 0 Å². The highest BCUT2D eigenvalue weighted by Gasteiger charge is 2.28. The summed E-state index contributed by atoms with van der Waals surface area (Å²) in [6.45, 7) is 0.402. The molecule has 0 aliphatic heterocycles. The lowest BCUT2D eigenvalue weighted by Crippen LogP contribution is -2.26. The molecule has 5 nitrogen and oxygen atoms in total. The lowest BCUT2D eigenvalue weighted by molar-refractivity contribution is 0.144. The van der Waals surface area contributed by atoms with Gasteiger partial charge in [0.1, 0.15) is 12.7 Å². The van der Waals surface area contributed by atoms with Gasteiger partial charge in [-0.15, -0.1) is 0 Å². The van der Waals surface area contributed by atoms with Crippen LogP contribution in [0, 0.1) is 23.2 Å². The van der Waals surface area contributed by atoms with Crippen LogP contribution in [0.5, 0.6) is 0 Å². The van der Waals surface area contributed by atoms with Crippen molar-refractivity contribution in [3.8, 4) is 29.0 Å². The van der Waals surface area contributed by atoms with E-state index in [0.717, 1.165) is 0 Å². The van der Waals surface area contributed by atoms with Crippen molar-refractivity contribution in [1.29, 1.82) is 5.26 Å². The molecule has 0 atom stereocenters. The number of nitrogens with two attached hydrogens (primary N) is 1. The number of alkyl carbamates (subject to hydrolysis) is 1. The summed E-state index contributed by atoms with van der Waals surface area (Å²) < 4.78 is 5.47. The summed E-state index contributed by atoms with van der Waals surface area (Å²) in [7, 11) is 0. The maximum absolute atomic E-state index is 12.1. The van der Waals surface area contributed by atoms with Crippen LogP contribution in [0.25, 0.3) is 11.1 Å².